The van der Waals surface area contributed by atoms with Crippen molar-refractivity contribution in [3.63, 3.8) is 0 Å². The predicted octanol–water partition coefficient (Wildman–Crippen LogP) is 1.26. The summed E-state index contributed by atoms with van der Waals surface area (Å²) in [6, 6.07) is 11.9. The Morgan fingerprint density at radius 1 is 1.22 bits per heavy atom. The minimum atomic E-state index is -0.639. The lowest BCUT2D eigenvalue weighted by Crippen LogP contribution is -2.42. The van der Waals surface area contributed by atoms with Gasteiger partial charge in [-0.1, -0.05) is 24.3 Å². The number of hydrogen-bond donors (Lipinski definition) is 3. The van der Waals surface area contributed by atoms with E-state index in [0.717, 1.165) is 32.5 Å². The number of fused-ring (bicyclic) bond motifs is 1. The van der Waals surface area contributed by atoms with E-state index in [9.17, 15) is 14.7 Å². The van der Waals surface area contributed by atoms with Crippen molar-refractivity contribution >= 4 is 17.6 Å². The minimum Gasteiger partial charge on any atom is -0.390 e. The number of hydrogen-bond acceptors (Lipinski definition) is 6. The van der Waals surface area contributed by atoms with Crippen LogP contribution >= 0.6 is 0 Å². The molecule has 4 rings (SSSR count). The third-order valence-electron chi connectivity index (χ3n) is 6.18. The smallest absolute Gasteiger partial charge is 0.251 e. The number of carbonyl (C=O) groups is 2. The van der Waals surface area contributed by atoms with Gasteiger partial charge in [-0.3, -0.25) is 14.5 Å². The number of carbonyl (C=O) groups excluding carboxylic acids is 2. The Morgan fingerprint density at radius 3 is 2.81 bits per heavy atom. The van der Waals surface area contributed by atoms with Gasteiger partial charge in [-0.2, -0.15) is 0 Å². The van der Waals surface area contributed by atoms with E-state index in [0.29, 0.717) is 24.5 Å². The highest BCUT2D eigenvalue weighted by atomic mass is 16.3. The molecule has 2 amide bonds. The predicted molar refractivity (Wildman–Crippen MR) is 122 cm³/mol. The summed E-state index contributed by atoms with van der Waals surface area (Å²) in [7, 11) is 0. The summed E-state index contributed by atoms with van der Waals surface area (Å²) in [5, 5.41) is 16.6. The fourth-order valence-corrected chi connectivity index (χ4v) is 4.41. The Kier molecular flexibility index (Phi) is 7.02. The van der Waals surface area contributed by atoms with Crippen LogP contribution in [-0.4, -0.2) is 76.6 Å². The zero-order chi connectivity index (χ0) is 22.5. The molecule has 8 nitrogen and oxygen atoms in total. The average Bonchev–Trinajstić information content (AvgIpc) is 3.26. The highest BCUT2D eigenvalue weighted by Gasteiger charge is 2.24. The topological polar surface area (TPSA) is 97.8 Å². The standard InChI is InChI=1S/C24H31N5O3/c1-17(30)29-11-8-21(15-29)27-23-12-19(6-9-25-23)24(32)26-13-22(31)16-28-10-7-18-4-2-3-5-20(18)14-28/h2-6,9,12,21-22,31H,7-8,10-11,13-16H2,1H3,(H,25,27)(H,26,32). The normalized spacial score (nSPS) is 19.3. The molecule has 2 aliphatic rings. The third-order valence-corrected chi connectivity index (χ3v) is 6.18. The Labute approximate surface area is 188 Å². The number of aromatic nitrogens is 1. The summed E-state index contributed by atoms with van der Waals surface area (Å²) >= 11 is 0. The van der Waals surface area contributed by atoms with Crippen molar-refractivity contribution in [3.05, 3.63) is 59.3 Å². The monoisotopic (exact) mass is 437 g/mol. The fourth-order valence-electron chi connectivity index (χ4n) is 4.41. The molecule has 32 heavy (non-hydrogen) atoms. The van der Waals surface area contributed by atoms with Gasteiger partial charge in [-0.25, -0.2) is 4.98 Å². The summed E-state index contributed by atoms with van der Waals surface area (Å²) in [6.45, 7) is 5.38. The van der Waals surface area contributed by atoms with E-state index in [1.54, 1.807) is 30.2 Å². The number of aliphatic hydroxyl groups is 1. The molecule has 2 unspecified atom stereocenters. The summed E-state index contributed by atoms with van der Waals surface area (Å²) in [5.74, 6) is 0.443. The van der Waals surface area contributed by atoms with E-state index < -0.39 is 6.10 Å². The van der Waals surface area contributed by atoms with Gasteiger partial charge in [0.05, 0.1) is 6.10 Å². The molecule has 8 heteroatoms. The van der Waals surface area contributed by atoms with Gasteiger partial charge in [-0.05, 0) is 36.1 Å². The molecular weight excluding hydrogens is 406 g/mol. The third kappa shape index (κ3) is 5.63. The Hall–Kier alpha value is -2.97. The molecule has 1 saturated heterocycles. The van der Waals surface area contributed by atoms with Gasteiger partial charge in [0, 0.05) is 64.0 Å². The second-order valence-corrected chi connectivity index (χ2v) is 8.64. The Balaban J connectivity index is 1.24. The molecule has 1 fully saturated rings. The summed E-state index contributed by atoms with van der Waals surface area (Å²) in [5.41, 5.74) is 3.17. The van der Waals surface area contributed by atoms with Crippen LogP contribution in [0.3, 0.4) is 0 Å². The van der Waals surface area contributed by atoms with Crippen molar-refractivity contribution in [1.29, 1.82) is 0 Å². The van der Waals surface area contributed by atoms with E-state index in [4.69, 9.17) is 0 Å². The van der Waals surface area contributed by atoms with Crippen molar-refractivity contribution in [2.24, 2.45) is 0 Å². The molecule has 2 atom stereocenters. The lowest BCUT2D eigenvalue weighted by Gasteiger charge is -2.30. The number of anilines is 1. The van der Waals surface area contributed by atoms with Crippen molar-refractivity contribution in [1.82, 2.24) is 20.1 Å². The fraction of sp³-hybridized carbons (Fsp3) is 0.458. The molecule has 0 aliphatic carbocycles. The van der Waals surface area contributed by atoms with Gasteiger partial charge in [0.25, 0.3) is 5.91 Å². The Bertz CT molecular complexity index is 966. The number of amides is 2. The van der Waals surface area contributed by atoms with Crippen LogP contribution in [-0.2, 0) is 17.8 Å². The van der Waals surface area contributed by atoms with Gasteiger partial charge in [-0.15, -0.1) is 0 Å². The minimum absolute atomic E-state index is 0.0720. The molecule has 1 aromatic heterocycles. The second-order valence-electron chi connectivity index (χ2n) is 8.64. The largest absolute Gasteiger partial charge is 0.390 e. The van der Waals surface area contributed by atoms with E-state index in [1.807, 2.05) is 6.07 Å². The number of benzene rings is 1. The van der Waals surface area contributed by atoms with Crippen LogP contribution in [0, 0.1) is 0 Å². The first-order valence-corrected chi connectivity index (χ1v) is 11.2. The van der Waals surface area contributed by atoms with E-state index in [2.05, 4.69) is 38.7 Å². The molecule has 0 radical (unpaired) electrons. The first-order chi connectivity index (χ1) is 15.5. The van der Waals surface area contributed by atoms with Crippen LogP contribution in [0.5, 0.6) is 0 Å². The van der Waals surface area contributed by atoms with E-state index in [1.165, 1.54) is 11.1 Å². The van der Waals surface area contributed by atoms with E-state index >= 15 is 0 Å². The van der Waals surface area contributed by atoms with Gasteiger partial charge in [0.15, 0.2) is 0 Å². The SMILES string of the molecule is CC(=O)N1CCC(Nc2cc(C(=O)NCC(O)CN3CCc4ccccc4C3)ccn2)C1. The van der Waals surface area contributed by atoms with Gasteiger partial charge < -0.3 is 20.6 Å². The Morgan fingerprint density at radius 2 is 2.03 bits per heavy atom. The quantitative estimate of drug-likeness (QED) is 0.604. The number of likely N-dealkylation sites (tertiary alicyclic amines) is 1. The molecule has 0 saturated carbocycles. The lowest BCUT2D eigenvalue weighted by atomic mass is 10.00. The maximum atomic E-state index is 12.6. The first kappa shape index (κ1) is 22.2. The van der Waals surface area contributed by atoms with Gasteiger partial charge in [0.1, 0.15) is 5.82 Å². The maximum Gasteiger partial charge on any atom is 0.251 e. The highest BCUT2D eigenvalue weighted by Crippen LogP contribution is 2.18. The van der Waals surface area contributed by atoms with Crippen LogP contribution in [0.25, 0.3) is 0 Å². The number of β-amino-alcohol motifs (C(OH)–C–C–N with tert-alkyl or cyclic N) is 1. The zero-order valence-corrected chi connectivity index (χ0v) is 18.5. The van der Waals surface area contributed by atoms with Crippen molar-refractivity contribution in [2.45, 2.75) is 38.5 Å². The van der Waals surface area contributed by atoms with Crippen molar-refractivity contribution < 1.29 is 14.7 Å². The molecule has 0 spiro atoms. The molecule has 3 N–H and O–H groups in total. The average molecular weight is 438 g/mol. The van der Waals surface area contributed by atoms with Crippen LogP contribution < -0.4 is 10.6 Å². The van der Waals surface area contributed by atoms with E-state index in [-0.39, 0.29) is 24.4 Å². The number of aliphatic hydroxyl groups excluding tert-OH is 1. The first-order valence-electron chi connectivity index (χ1n) is 11.2. The molecule has 3 heterocycles. The lowest BCUT2D eigenvalue weighted by molar-refractivity contribution is -0.127. The van der Waals surface area contributed by atoms with Crippen molar-refractivity contribution in [3.8, 4) is 0 Å². The van der Waals surface area contributed by atoms with Crippen LogP contribution in [0.2, 0.25) is 0 Å². The van der Waals surface area contributed by atoms with Gasteiger partial charge in [0.2, 0.25) is 5.91 Å². The number of pyridine rings is 1. The van der Waals surface area contributed by atoms with Crippen LogP contribution in [0.1, 0.15) is 34.8 Å². The number of nitrogens with zero attached hydrogens (tertiary/aromatic N) is 3. The summed E-state index contributed by atoms with van der Waals surface area (Å²) in [6.07, 6.45) is 2.79. The van der Waals surface area contributed by atoms with Crippen LogP contribution in [0.15, 0.2) is 42.6 Å². The van der Waals surface area contributed by atoms with Crippen LogP contribution in [0.4, 0.5) is 5.82 Å². The molecule has 0 bridgehead atoms. The second kappa shape index (κ2) is 10.1. The number of rotatable bonds is 7. The molecule has 1 aromatic carbocycles. The molecule has 2 aliphatic heterocycles. The summed E-state index contributed by atoms with van der Waals surface area (Å²) in [4.78, 5) is 32.4. The molecular formula is C24H31N5O3. The highest BCUT2D eigenvalue weighted by molar-refractivity contribution is 5.94. The molecule has 170 valence electrons. The molecule has 2 aromatic rings. The zero-order valence-electron chi connectivity index (χ0n) is 18.5. The summed E-state index contributed by atoms with van der Waals surface area (Å²) < 4.78 is 0. The maximum absolute atomic E-state index is 12.6. The van der Waals surface area contributed by atoms with Crippen molar-refractivity contribution in [2.75, 3.05) is 38.0 Å². The van der Waals surface area contributed by atoms with Gasteiger partial charge >= 0.3 is 0 Å². The number of nitrogens with one attached hydrogen (secondary N) is 2.